The van der Waals surface area contributed by atoms with Crippen molar-refractivity contribution in [3.8, 4) is 0 Å². The molecule has 1 aromatic heterocycles. The summed E-state index contributed by atoms with van der Waals surface area (Å²) >= 11 is 5.16. The lowest BCUT2D eigenvalue weighted by molar-refractivity contribution is -0.152. The number of carbonyl (C=O) groups is 1. The topological polar surface area (TPSA) is 79.4 Å². The van der Waals surface area contributed by atoms with E-state index in [0.717, 1.165) is 12.8 Å². The van der Waals surface area contributed by atoms with Crippen LogP contribution < -0.4 is 5.73 Å². The summed E-state index contributed by atoms with van der Waals surface area (Å²) in [5, 5.41) is 0. The smallest absolute Gasteiger partial charge is 0.308 e. The molecule has 7 heteroatoms. The molecule has 2 unspecified atom stereocenters. The van der Waals surface area contributed by atoms with Gasteiger partial charge in [0.05, 0.1) is 12.0 Å². The SMILES string of the molecule is CC(C)C(=O)OCC1CCC(n2ccc(N)nc2=S)O1. The number of ether oxygens (including phenoxy) is 2. The molecular formula is C13H19N3O3S. The molecule has 2 atom stereocenters. The normalized spacial score (nSPS) is 22.1. The van der Waals surface area contributed by atoms with E-state index in [1.165, 1.54) is 0 Å². The maximum atomic E-state index is 11.4. The highest BCUT2D eigenvalue weighted by atomic mass is 32.1. The van der Waals surface area contributed by atoms with Gasteiger partial charge in [0.15, 0.2) is 0 Å². The Kier molecular flexibility index (Phi) is 4.72. The molecule has 1 aromatic rings. The van der Waals surface area contributed by atoms with E-state index in [4.69, 9.17) is 27.4 Å². The number of rotatable bonds is 4. The van der Waals surface area contributed by atoms with Crippen LogP contribution in [0.4, 0.5) is 5.82 Å². The van der Waals surface area contributed by atoms with Crippen LogP contribution in [0.1, 0.15) is 32.9 Å². The third kappa shape index (κ3) is 3.55. The van der Waals surface area contributed by atoms with Gasteiger partial charge in [-0.15, -0.1) is 0 Å². The molecule has 0 saturated carbocycles. The molecule has 0 spiro atoms. The highest BCUT2D eigenvalue weighted by Crippen LogP contribution is 2.28. The molecule has 0 bridgehead atoms. The first-order valence-electron chi connectivity index (χ1n) is 6.64. The number of hydrogen-bond donors (Lipinski definition) is 1. The van der Waals surface area contributed by atoms with Gasteiger partial charge in [-0.05, 0) is 31.1 Å². The van der Waals surface area contributed by atoms with Crippen LogP contribution in [0.2, 0.25) is 0 Å². The van der Waals surface area contributed by atoms with E-state index in [-0.39, 0.29) is 30.8 Å². The largest absolute Gasteiger partial charge is 0.463 e. The Morgan fingerprint density at radius 3 is 3.05 bits per heavy atom. The van der Waals surface area contributed by atoms with E-state index in [9.17, 15) is 4.79 Å². The summed E-state index contributed by atoms with van der Waals surface area (Å²) in [6.45, 7) is 3.89. The van der Waals surface area contributed by atoms with E-state index in [2.05, 4.69) is 4.98 Å². The average molecular weight is 297 g/mol. The van der Waals surface area contributed by atoms with Crippen molar-refractivity contribution in [1.29, 1.82) is 0 Å². The lowest BCUT2D eigenvalue weighted by Crippen LogP contribution is -2.21. The molecule has 110 valence electrons. The molecule has 1 saturated heterocycles. The van der Waals surface area contributed by atoms with Crippen molar-refractivity contribution < 1.29 is 14.3 Å². The van der Waals surface area contributed by atoms with Crippen molar-refractivity contribution in [2.75, 3.05) is 12.3 Å². The van der Waals surface area contributed by atoms with Crippen LogP contribution in [0, 0.1) is 10.7 Å². The molecule has 20 heavy (non-hydrogen) atoms. The maximum Gasteiger partial charge on any atom is 0.308 e. The average Bonchev–Trinajstić information content (AvgIpc) is 2.84. The van der Waals surface area contributed by atoms with Crippen molar-refractivity contribution in [1.82, 2.24) is 9.55 Å². The monoisotopic (exact) mass is 297 g/mol. The molecule has 2 N–H and O–H groups in total. The lowest BCUT2D eigenvalue weighted by atomic mass is 10.2. The Hall–Kier alpha value is -1.47. The number of nitrogen functional groups attached to an aromatic ring is 1. The number of nitrogens with two attached hydrogens (primary N) is 1. The fraction of sp³-hybridized carbons (Fsp3) is 0.615. The molecule has 1 fully saturated rings. The fourth-order valence-electron chi connectivity index (χ4n) is 2.00. The van der Waals surface area contributed by atoms with Gasteiger partial charge in [-0.1, -0.05) is 13.8 Å². The van der Waals surface area contributed by atoms with Gasteiger partial charge in [0.25, 0.3) is 0 Å². The Morgan fingerprint density at radius 2 is 2.40 bits per heavy atom. The minimum Gasteiger partial charge on any atom is -0.463 e. The van der Waals surface area contributed by atoms with Crippen LogP contribution in [0.15, 0.2) is 12.3 Å². The fourth-order valence-corrected chi connectivity index (χ4v) is 2.28. The Morgan fingerprint density at radius 1 is 1.65 bits per heavy atom. The van der Waals surface area contributed by atoms with Crippen LogP contribution in [0.5, 0.6) is 0 Å². The van der Waals surface area contributed by atoms with Gasteiger partial charge >= 0.3 is 5.97 Å². The molecule has 6 nitrogen and oxygen atoms in total. The van der Waals surface area contributed by atoms with Crippen LogP contribution in [0.25, 0.3) is 0 Å². The quantitative estimate of drug-likeness (QED) is 0.677. The van der Waals surface area contributed by atoms with Crippen molar-refractivity contribution >= 4 is 24.0 Å². The first-order valence-corrected chi connectivity index (χ1v) is 7.05. The first kappa shape index (κ1) is 14.9. The Labute approximate surface area is 122 Å². The Bertz CT molecular complexity index is 544. The molecule has 1 aliphatic rings. The van der Waals surface area contributed by atoms with Gasteiger partial charge in [-0.25, -0.2) is 4.98 Å². The minimum absolute atomic E-state index is 0.0952. The third-order valence-corrected chi connectivity index (χ3v) is 3.43. The maximum absolute atomic E-state index is 11.4. The van der Waals surface area contributed by atoms with E-state index in [0.29, 0.717) is 10.6 Å². The van der Waals surface area contributed by atoms with Crippen LogP contribution in [0.3, 0.4) is 0 Å². The molecule has 0 aromatic carbocycles. The van der Waals surface area contributed by atoms with Gasteiger partial charge in [0, 0.05) is 6.20 Å². The Balaban J connectivity index is 1.92. The summed E-state index contributed by atoms with van der Waals surface area (Å²) in [5.41, 5.74) is 5.57. The third-order valence-electron chi connectivity index (χ3n) is 3.13. The lowest BCUT2D eigenvalue weighted by Gasteiger charge is -2.17. The summed E-state index contributed by atoms with van der Waals surface area (Å²) in [4.78, 5) is 15.4. The van der Waals surface area contributed by atoms with Crippen LogP contribution >= 0.6 is 12.2 Å². The summed E-state index contributed by atoms with van der Waals surface area (Å²) in [6, 6.07) is 1.69. The van der Waals surface area contributed by atoms with Crippen molar-refractivity contribution in [2.24, 2.45) is 5.92 Å². The second kappa shape index (κ2) is 6.32. The highest BCUT2D eigenvalue weighted by molar-refractivity contribution is 7.71. The van der Waals surface area contributed by atoms with Crippen molar-refractivity contribution in [3.05, 3.63) is 17.0 Å². The van der Waals surface area contributed by atoms with Crippen molar-refractivity contribution in [3.63, 3.8) is 0 Å². The van der Waals surface area contributed by atoms with Crippen molar-refractivity contribution in [2.45, 2.75) is 39.0 Å². The highest BCUT2D eigenvalue weighted by Gasteiger charge is 2.28. The molecule has 0 radical (unpaired) electrons. The second-order valence-electron chi connectivity index (χ2n) is 5.12. The zero-order chi connectivity index (χ0) is 14.7. The summed E-state index contributed by atoms with van der Waals surface area (Å²) in [7, 11) is 0. The van der Waals surface area contributed by atoms with Gasteiger partial charge in [-0.3, -0.25) is 9.36 Å². The zero-order valence-corrected chi connectivity index (χ0v) is 12.4. The predicted octanol–water partition coefficient (Wildman–Crippen LogP) is 2.07. The molecule has 2 heterocycles. The predicted molar refractivity (Wildman–Crippen MR) is 76.4 cm³/mol. The van der Waals surface area contributed by atoms with E-state index in [1.807, 2.05) is 0 Å². The standard InChI is InChI=1S/C13H19N3O3S/c1-8(2)12(17)18-7-9-3-4-11(19-9)16-6-5-10(14)15-13(16)20/h5-6,8-9,11H,3-4,7H2,1-2H3,(H2,14,15,20). The number of esters is 1. The van der Waals surface area contributed by atoms with Gasteiger partial charge < -0.3 is 15.2 Å². The van der Waals surface area contributed by atoms with Gasteiger partial charge in [0.2, 0.25) is 4.77 Å². The number of anilines is 1. The summed E-state index contributed by atoms with van der Waals surface area (Å²) in [6.07, 6.45) is 3.14. The van der Waals surface area contributed by atoms with Gasteiger partial charge in [-0.2, -0.15) is 0 Å². The van der Waals surface area contributed by atoms with Gasteiger partial charge in [0.1, 0.15) is 18.7 Å². The number of hydrogen-bond acceptors (Lipinski definition) is 6. The summed E-state index contributed by atoms with van der Waals surface area (Å²) < 4.78 is 13.2. The van der Waals surface area contributed by atoms with Crippen LogP contribution in [-0.2, 0) is 14.3 Å². The number of aromatic nitrogens is 2. The molecule has 2 rings (SSSR count). The zero-order valence-electron chi connectivity index (χ0n) is 11.6. The molecule has 1 aliphatic heterocycles. The summed E-state index contributed by atoms with van der Waals surface area (Å²) in [5.74, 6) is 0.0663. The number of nitrogens with zero attached hydrogens (tertiary/aromatic N) is 2. The minimum atomic E-state index is -0.206. The van der Waals surface area contributed by atoms with E-state index in [1.54, 1.807) is 30.7 Å². The van der Waals surface area contributed by atoms with E-state index < -0.39 is 0 Å². The first-order chi connectivity index (χ1) is 9.47. The molecule has 0 aliphatic carbocycles. The van der Waals surface area contributed by atoms with Crippen LogP contribution in [-0.4, -0.2) is 28.2 Å². The molecular weight excluding hydrogens is 278 g/mol. The van der Waals surface area contributed by atoms with E-state index >= 15 is 0 Å². The number of carbonyl (C=O) groups excluding carboxylic acids is 1. The molecule has 0 amide bonds. The second-order valence-corrected chi connectivity index (χ2v) is 5.48.